The average Bonchev–Trinajstić information content (AvgIpc) is 2.53. The number of carbonyl (C=O) groups is 1. The van der Waals surface area contributed by atoms with Gasteiger partial charge in [0.25, 0.3) is 0 Å². The fourth-order valence-electron chi connectivity index (χ4n) is 3.75. The molecule has 0 radical (unpaired) electrons. The summed E-state index contributed by atoms with van der Waals surface area (Å²) in [6.45, 7) is 6.38. The van der Waals surface area contributed by atoms with Gasteiger partial charge in [0.1, 0.15) is 0 Å². The molecule has 1 saturated heterocycles. The minimum atomic E-state index is -1.05. The van der Waals surface area contributed by atoms with Crippen molar-refractivity contribution in [1.82, 2.24) is 9.88 Å². The number of benzene rings is 1. The van der Waals surface area contributed by atoms with Crippen LogP contribution in [0.4, 0.5) is 4.79 Å². The van der Waals surface area contributed by atoms with Gasteiger partial charge in [-0.25, -0.2) is 4.79 Å². The lowest BCUT2D eigenvalue weighted by molar-refractivity contribution is -0.0678. The van der Waals surface area contributed by atoms with Crippen molar-refractivity contribution in [3.05, 3.63) is 42.1 Å². The number of pyridine rings is 1. The normalized spacial score (nSPS) is 25.0. The Morgan fingerprint density at radius 1 is 1.29 bits per heavy atom. The van der Waals surface area contributed by atoms with Gasteiger partial charge in [-0.05, 0) is 29.5 Å². The second-order valence-electron chi connectivity index (χ2n) is 7.72. The quantitative estimate of drug-likeness (QED) is 0.838. The second kappa shape index (κ2) is 5.74. The second-order valence-corrected chi connectivity index (χ2v) is 7.72. The zero-order valence-electron chi connectivity index (χ0n) is 14.4. The van der Waals surface area contributed by atoms with Crippen molar-refractivity contribution >= 4 is 17.0 Å². The fourth-order valence-corrected chi connectivity index (χ4v) is 3.75. The van der Waals surface area contributed by atoms with E-state index in [0.29, 0.717) is 19.4 Å². The largest absolute Gasteiger partial charge is 0.465 e. The number of nitrogens with zero attached hydrogens (tertiary/aromatic N) is 2. The number of hydrogen-bond acceptors (Lipinski definition) is 3. The highest BCUT2D eigenvalue weighted by Gasteiger charge is 2.46. The van der Waals surface area contributed by atoms with Gasteiger partial charge in [0.05, 0.1) is 11.1 Å². The molecule has 1 fully saturated rings. The molecule has 0 spiro atoms. The van der Waals surface area contributed by atoms with Crippen LogP contribution in [0.2, 0.25) is 0 Å². The summed E-state index contributed by atoms with van der Waals surface area (Å²) < 4.78 is 0. The van der Waals surface area contributed by atoms with E-state index in [4.69, 9.17) is 0 Å². The number of aliphatic hydroxyl groups is 1. The third-order valence-electron chi connectivity index (χ3n) is 5.07. The van der Waals surface area contributed by atoms with Gasteiger partial charge in [-0.1, -0.05) is 39.0 Å². The van der Waals surface area contributed by atoms with Gasteiger partial charge in [-0.3, -0.25) is 4.98 Å². The van der Waals surface area contributed by atoms with Crippen LogP contribution in [-0.2, 0) is 5.60 Å². The van der Waals surface area contributed by atoms with E-state index in [1.807, 2.05) is 51.1 Å². The Morgan fingerprint density at radius 2 is 2.04 bits per heavy atom. The minimum absolute atomic E-state index is 0.249. The molecule has 2 atom stereocenters. The first kappa shape index (κ1) is 16.7. The number of rotatable bonds is 1. The SMILES string of the molecule is CC(C)(C)C1CC(O)(c2cccc3ncccc23)CCN1C(=O)O. The third-order valence-corrected chi connectivity index (χ3v) is 5.07. The van der Waals surface area contributed by atoms with Crippen LogP contribution in [0, 0.1) is 5.41 Å². The molecule has 2 N–H and O–H groups in total. The van der Waals surface area contributed by atoms with Crippen molar-refractivity contribution in [2.24, 2.45) is 5.41 Å². The molecule has 1 aromatic carbocycles. The molecule has 128 valence electrons. The lowest BCUT2D eigenvalue weighted by Gasteiger charge is -2.48. The van der Waals surface area contributed by atoms with E-state index in [-0.39, 0.29) is 11.5 Å². The zero-order chi connectivity index (χ0) is 17.5. The molecule has 2 heterocycles. The van der Waals surface area contributed by atoms with E-state index in [1.165, 1.54) is 4.90 Å². The standard InChI is InChI=1S/C19H24N2O3/c1-18(2,3)16-12-19(24,9-11-21(16)17(22)23)14-7-4-8-15-13(14)6-5-10-20-15/h4-8,10,16,24H,9,11-12H2,1-3H3,(H,22,23). The summed E-state index contributed by atoms with van der Waals surface area (Å²) in [7, 11) is 0. The van der Waals surface area contributed by atoms with Crippen LogP contribution in [0.1, 0.15) is 39.2 Å². The van der Waals surface area contributed by atoms with Gasteiger partial charge in [-0.2, -0.15) is 0 Å². The van der Waals surface area contributed by atoms with Crippen LogP contribution in [-0.4, -0.2) is 38.8 Å². The molecular weight excluding hydrogens is 304 g/mol. The van der Waals surface area contributed by atoms with E-state index < -0.39 is 11.7 Å². The maximum atomic E-state index is 11.6. The van der Waals surface area contributed by atoms with Crippen LogP contribution >= 0.6 is 0 Å². The lowest BCUT2D eigenvalue weighted by Crippen LogP contribution is -2.55. The highest BCUT2D eigenvalue weighted by molar-refractivity contribution is 5.83. The predicted octanol–water partition coefficient (Wildman–Crippen LogP) is 3.61. The Labute approximate surface area is 141 Å². The number of fused-ring (bicyclic) bond motifs is 1. The first-order valence-electron chi connectivity index (χ1n) is 8.28. The maximum Gasteiger partial charge on any atom is 0.407 e. The van der Waals surface area contributed by atoms with Crippen molar-refractivity contribution in [3.63, 3.8) is 0 Å². The average molecular weight is 328 g/mol. The van der Waals surface area contributed by atoms with Crippen molar-refractivity contribution in [2.45, 2.75) is 45.3 Å². The van der Waals surface area contributed by atoms with Gasteiger partial charge < -0.3 is 15.1 Å². The monoisotopic (exact) mass is 328 g/mol. The Morgan fingerprint density at radius 3 is 2.71 bits per heavy atom. The summed E-state index contributed by atoms with van der Waals surface area (Å²) in [6, 6.07) is 9.34. The van der Waals surface area contributed by atoms with E-state index in [2.05, 4.69) is 4.98 Å². The molecule has 0 bridgehead atoms. The van der Waals surface area contributed by atoms with Gasteiger partial charge in [0.2, 0.25) is 0 Å². The number of amides is 1. The van der Waals surface area contributed by atoms with Gasteiger partial charge in [0, 0.05) is 30.6 Å². The van der Waals surface area contributed by atoms with Crippen molar-refractivity contribution < 1.29 is 15.0 Å². The molecule has 0 saturated carbocycles. The molecule has 1 aliphatic rings. The molecule has 5 heteroatoms. The minimum Gasteiger partial charge on any atom is -0.465 e. The molecule has 1 aromatic heterocycles. The van der Waals surface area contributed by atoms with Crippen molar-refractivity contribution in [1.29, 1.82) is 0 Å². The molecule has 3 rings (SSSR count). The third kappa shape index (κ3) is 2.84. The molecule has 1 aliphatic heterocycles. The highest BCUT2D eigenvalue weighted by atomic mass is 16.4. The number of aromatic nitrogens is 1. The highest BCUT2D eigenvalue weighted by Crippen LogP contribution is 2.43. The summed E-state index contributed by atoms with van der Waals surface area (Å²) in [5.41, 5.74) is 0.381. The van der Waals surface area contributed by atoms with Gasteiger partial charge in [0.15, 0.2) is 0 Å². The number of hydrogen-bond donors (Lipinski definition) is 2. The van der Waals surface area contributed by atoms with Crippen LogP contribution < -0.4 is 0 Å². The smallest absolute Gasteiger partial charge is 0.407 e. The van der Waals surface area contributed by atoms with E-state index in [9.17, 15) is 15.0 Å². The van der Waals surface area contributed by atoms with Gasteiger partial charge in [-0.15, -0.1) is 0 Å². The summed E-state index contributed by atoms with van der Waals surface area (Å²) in [5.74, 6) is 0. The van der Waals surface area contributed by atoms with E-state index >= 15 is 0 Å². The summed E-state index contributed by atoms with van der Waals surface area (Å²) >= 11 is 0. The van der Waals surface area contributed by atoms with Crippen molar-refractivity contribution in [3.8, 4) is 0 Å². The summed E-state index contributed by atoms with van der Waals surface area (Å²) in [4.78, 5) is 17.4. The topological polar surface area (TPSA) is 73.7 Å². The van der Waals surface area contributed by atoms with Crippen LogP contribution in [0.15, 0.2) is 36.5 Å². The van der Waals surface area contributed by atoms with Crippen LogP contribution in [0.3, 0.4) is 0 Å². The Kier molecular flexibility index (Phi) is 4.00. The zero-order valence-corrected chi connectivity index (χ0v) is 14.4. The predicted molar refractivity (Wildman–Crippen MR) is 92.8 cm³/mol. The summed E-state index contributed by atoms with van der Waals surface area (Å²) in [5, 5.41) is 21.9. The van der Waals surface area contributed by atoms with Gasteiger partial charge >= 0.3 is 6.09 Å². The van der Waals surface area contributed by atoms with E-state index in [1.54, 1.807) is 6.20 Å². The van der Waals surface area contributed by atoms with E-state index in [0.717, 1.165) is 16.5 Å². The molecule has 24 heavy (non-hydrogen) atoms. The first-order chi connectivity index (χ1) is 11.2. The Bertz CT molecular complexity index is 763. The molecule has 0 aliphatic carbocycles. The molecular formula is C19H24N2O3. The fraction of sp³-hybridized carbons (Fsp3) is 0.474. The molecule has 2 aromatic rings. The van der Waals surface area contributed by atoms with Crippen LogP contribution in [0.5, 0.6) is 0 Å². The maximum absolute atomic E-state index is 11.6. The molecule has 2 unspecified atom stereocenters. The van der Waals surface area contributed by atoms with Crippen LogP contribution in [0.25, 0.3) is 10.9 Å². The summed E-state index contributed by atoms with van der Waals surface area (Å²) in [6.07, 6.45) is 1.59. The number of piperidine rings is 1. The van der Waals surface area contributed by atoms with Crippen molar-refractivity contribution in [2.75, 3.05) is 6.54 Å². The number of carboxylic acid groups (broad SMARTS) is 1. The Balaban J connectivity index is 2.05. The number of likely N-dealkylation sites (tertiary alicyclic amines) is 1. The lowest BCUT2D eigenvalue weighted by atomic mass is 9.72. The molecule has 1 amide bonds. The molecule has 5 nitrogen and oxygen atoms in total. The first-order valence-corrected chi connectivity index (χ1v) is 8.28. The Hall–Kier alpha value is -2.14.